The van der Waals surface area contributed by atoms with Crippen molar-refractivity contribution in [3.8, 4) is 0 Å². The number of carbonyl (C=O) groups is 4. The van der Waals surface area contributed by atoms with E-state index in [0.717, 1.165) is 39.2 Å². The van der Waals surface area contributed by atoms with Gasteiger partial charge in [0.1, 0.15) is 36.5 Å². The van der Waals surface area contributed by atoms with E-state index in [1.165, 1.54) is 0 Å². The SMILES string of the molecule is CN1C(=O)[C@@H]2C[C@@]3([C@@]45C[C@H]6C(=O)N(C)[C@@H](Cc7ccccc7)C(=O)N6[C@@H]4N(/C=C/c4ccccc4)c4ccccc45)c4ccccc4N[C@H]3N2C(=O)[C@@H]1Cc1ccccc1. The molecule has 10 heteroatoms. The van der Waals surface area contributed by atoms with Gasteiger partial charge in [0, 0.05) is 44.5 Å². The Kier molecular flexibility index (Phi) is 8.14. The van der Waals surface area contributed by atoms with E-state index in [9.17, 15) is 4.79 Å². The van der Waals surface area contributed by atoms with E-state index in [1.54, 1.807) is 23.9 Å². The first-order valence-corrected chi connectivity index (χ1v) is 21.0. The van der Waals surface area contributed by atoms with Crippen LogP contribution in [0.15, 0.2) is 146 Å². The van der Waals surface area contributed by atoms with Crippen LogP contribution in [0.5, 0.6) is 0 Å². The third-order valence-corrected chi connectivity index (χ3v) is 14.6. The number of carbonyl (C=O) groups excluding carboxylic acids is 4. The number of amides is 4. The zero-order valence-electron chi connectivity index (χ0n) is 33.6. The Morgan fingerprint density at radius 1 is 0.567 bits per heavy atom. The Bertz CT molecular complexity index is 2590. The van der Waals surface area contributed by atoms with E-state index < -0.39 is 47.3 Å². The van der Waals surface area contributed by atoms with E-state index in [-0.39, 0.29) is 23.6 Å². The number of piperazine rings is 2. The first-order chi connectivity index (χ1) is 29.2. The molecule has 6 aliphatic rings. The van der Waals surface area contributed by atoms with E-state index in [2.05, 4.69) is 46.8 Å². The van der Waals surface area contributed by atoms with E-state index in [4.69, 9.17) is 0 Å². The molecule has 6 aliphatic heterocycles. The van der Waals surface area contributed by atoms with Gasteiger partial charge in [-0.2, -0.15) is 0 Å². The standard InChI is InChI=1S/C50H46N6O4/c1-52-39(28-33-18-8-4-9-19-33)45(59)55-41(43(52)57)30-49(35-22-12-14-24-37(35)51-47(49)55)50-31-42-44(58)53(2)40(29-34-20-10-5-11-21-34)46(60)56(42)48(50)54(38-25-15-13-23-36(38)50)27-26-32-16-6-3-7-17-32/h3-27,39-42,47-48,51H,28-31H2,1-2H3/b27-26+/t39-,40-,41-,42-,47-,48-,49+,50+/m0/s1. The normalized spacial score (nSPS) is 30.0. The molecule has 0 bridgehead atoms. The maximum atomic E-state index is 15.5. The smallest absolute Gasteiger partial charge is 0.248 e. The third kappa shape index (κ3) is 4.87. The summed E-state index contributed by atoms with van der Waals surface area (Å²) in [6, 6.07) is 43.4. The van der Waals surface area contributed by atoms with Crippen molar-refractivity contribution in [2.75, 3.05) is 24.3 Å². The van der Waals surface area contributed by atoms with E-state index in [1.807, 2.05) is 125 Å². The van der Waals surface area contributed by atoms with Crippen molar-refractivity contribution in [2.24, 2.45) is 0 Å². The van der Waals surface area contributed by atoms with Crippen LogP contribution in [0.3, 0.4) is 0 Å². The lowest BCUT2D eigenvalue weighted by atomic mass is 9.54. The molecule has 0 aliphatic carbocycles. The van der Waals surface area contributed by atoms with Gasteiger partial charge in [-0.3, -0.25) is 19.2 Å². The Labute approximate surface area is 349 Å². The number of likely N-dealkylation sites (N-methyl/N-ethyl adjacent to an activating group) is 2. The Hall–Kier alpha value is -6.68. The van der Waals surface area contributed by atoms with Crippen LogP contribution in [-0.2, 0) is 42.8 Å². The summed E-state index contributed by atoms with van der Waals surface area (Å²) in [4.78, 5) is 69.9. The molecule has 0 spiro atoms. The summed E-state index contributed by atoms with van der Waals surface area (Å²) in [5.74, 6) is -0.425. The van der Waals surface area contributed by atoms with Gasteiger partial charge in [-0.15, -0.1) is 0 Å². The Morgan fingerprint density at radius 2 is 1.07 bits per heavy atom. The molecular formula is C50H46N6O4. The number of rotatable bonds is 7. The summed E-state index contributed by atoms with van der Waals surface area (Å²) >= 11 is 0. The van der Waals surface area contributed by atoms with Gasteiger partial charge in [-0.1, -0.05) is 127 Å². The molecule has 0 aromatic heterocycles. The van der Waals surface area contributed by atoms with Crippen molar-refractivity contribution in [1.29, 1.82) is 0 Å². The second kappa shape index (κ2) is 13.4. The van der Waals surface area contributed by atoms with Gasteiger partial charge in [0.25, 0.3) is 0 Å². The highest BCUT2D eigenvalue weighted by Crippen LogP contribution is 2.70. The zero-order chi connectivity index (χ0) is 40.9. The van der Waals surface area contributed by atoms with Crippen LogP contribution in [0.4, 0.5) is 11.4 Å². The van der Waals surface area contributed by atoms with Crippen LogP contribution >= 0.6 is 0 Å². The minimum absolute atomic E-state index is 0.103. The quantitative estimate of drug-likeness (QED) is 0.224. The molecule has 1 N–H and O–H groups in total. The number of hydrogen-bond acceptors (Lipinski definition) is 6. The van der Waals surface area contributed by atoms with Gasteiger partial charge in [0.2, 0.25) is 23.6 Å². The second-order valence-corrected chi connectivity index (χ2v) is 17.3. The third-order valence-electron chi connectivity index (χ3n) is 14.6. The highest BCUT2D eigenvalue weighted by molar-refractivity contribution is 6.01. The Morgan fingerprint density at radius 3 is 1.70 bits per heavy atom. The van der Waals surface area contributed by atoms with Crippen LogP contribution in [0.1, 0.15) is 40.7 Å². The molecule has 10 nitrogen and oxygen atoms in total. The summed E-state index contributed by atoms with van der Waals surface area (Å²) in [6.45, 7) is 0. The summed E-state index contributed by atoms with van der Waals surface area (Å²) in [6.07, 6.45) is 4.23. The van der Waals surface area contributed by atoms with Crippen molar-refractivity contribution in [2.45, 2.75) is 73.0 Å². The fourth-order valence-corrected chi connectivity index (χ4v) is 12.0. The first kappa shape index (κ1) is 36.4. The molecule has 11 rings (SSSR count). The lowest BCUT2D eigenvalue weighted by molar-refractivity contribution is -0.159. The van der Waals surface area contributed by atoms with E-state index >= 15 is 14.4 Å². The lowest BCUT2D eigenvalue weighted by Gasteiger charge is -2.50. The zero-order valence-corrected chi connectivity index (χ0v) is 33.6. The molecule has 8 atom stereocenters. The van der Waals surface area contributed by atoms with Gasteiger partial charge < -0.3 is 29.8 Å². The second-order valence-electron chi connectivity index (χ2n) is 17.3. The number of nitrogens with one attached hydrogen (secondary N) is 1. The largest absolute Gasteiger partial charge is 0.364 e. The van der Waals surface area contributed by atoms with Crippen molar-refractivity contribution in [3.63, 3.8) is 0 Å². The molecule has 4 fully saturated rings. The topological polar surface area (TPSA) is 96.5 Å². The predicted molar refractivity (Wildman–Crippen MR) is 229 cm³/mol. The number of hydrogen-bond donors (Lipinski definition) is 1. The van der Waals surface area contributed by atoms with Gasteiger partial charge in [0.05, 0.1) is 10.8 Å². The lowest BCUT2D eigenvalue weighted by Crippen LogP contribution is -2.68. The summed E-state index contributed by atoms with van der Waals surface area (Å²) in [7, 11) is 3.52. The first-order valence-electron chi connectivity index (χ1n) is 21.0. The van der Waals surface area contributed by atoms with E-state index in [0.29, 0.717) is 25.7 Å². The highest BCUT2D eigenvalue weighted by atomic mass is 16.2. The molecule has 0 radical (unpaired) electrons. The van der Waals surface area contributed by atoms with Gasteiger partial charge in [-0.25, -0.2) is 0 Å². The molecule has 4 amide bonds. The van der Waals surface area contributed by atoms with Crippen LogP contribution in [0.2, 0.25) is 0 Å². The molecular weight excluding hydrogens is 749 g/mol. The number of para-hydroxylation sites is 2. The van der Waals surface area contributed by atoms with Crippen LogP contribution in [0, 0.1) is 0 Å². The number of nitrogens with zero attached hydrogens (tertiary/aromatic N) is 5. The minimum Gasteiger partial charge on any atom is -0.364 e. The molecule has 5 aromatic rings. The number of fused-ring (bicyclic) bond motifs is 11. The highest BCUT2D eigenvalue weighted by Gasteiger charge is 2.79. The van der Waals surface area contributed by atoms with Gasteiger partial charge >= 0.3 is 0 Å². The fourth-order valence-electron chi connectivity index (χ4n) is 12.0. The number of benzene rings is 5. The summed E-state index contributed by atoms with van der Waals surface area (Å²) < 4.78 is 0. The van der Waals surface area contributed by atoms with Crippen LogP contribution in [0.25, 0.3) is 6.08 Å². The average molecular weight is 795 g/mol. The maximum absolute atomic E-state index is 15.5. The average Bonchev–Trinajstić information content (AvgIpc) is 4.00. The molecule has 0 unspecified atom stereocenters. The monoisotopic (exact) mass is 794 g/mol. The molecule has 5 aromatic carbocycles. The van der Waals surface area contributed by atoms with Gasteiger partial charge in [0.15, 0.2) is 0 Å². The number of anilines is 2. The van der Waals surface area contributed by atoms with Crippen LogP contribution in [-0.4, -0.2) is 93.8 Å². The molecule has 60 heavy (non-hydrogen) atoms. The van der Waals surface area contributed by atoms with Crippen LogP contribution < -0.4 is 10.2 Å². The molecule has 4 saturated heterocycles. The van der Waals surface area contributed by atoms with Crippen molar-refractivity contribution < 1.29 is 19.2 Å². The molecule has 6 heterocycles. The van der Waals surface area contributed by atoms with Crippen molar-refractivity contribution >= 4 is 41.1 Å². The summed E-state index contributed by atoms with van der Waals surface area (Å²) in [5.41, 5.74) is 4.87. The van der Waals surface area contributed by atoms with Gasteiger partial charge in [-0.05, 0) is 58.9 Å². The Balaban J connectivity index is 1.13. The van der Waals surface area contributed by atoms with Crippen molar-refractivity contribution in [3.05, 3.63) is 174 Å². The van der Waals surface area contributed by atoms with Crippen molar-refractivity contribution in [1.82, 2.24) is 19.6 Å². The maximum Gasteiger partial charge on any atom is 0.248 e. The molecule has 300 valence electrons. The fraction of sp³-hybridized carbons (Fsp3) is 0.280. The predicted octanol–water partition coefficient (Wildman–Crippen LogP) is 5.80. The minimum atomic E-state index is -0.960. The summed E-state index contributed by atoms with van der Waals surface area (Å²) in [5, 5.41) is 3.83. The molecule has 0 saturated carbocycles.